The zero-order chi connectivity index (χ0) is 15.5. The molecule has 0 bridgehead atoms. The minimum absolute atomic E-state index is 0.0121. The Balaban J connectivity index is 4.70. The van der Waals surface area contributed by atoms with Gasteiger partial charge in [0.25, 0.3) is 0 Å². The maximum Gasteiger partial charge on any atom is 0.330 e. The standard InChI is InChI=1S/C15H26O5/c1-11(9-16)8-13(3)15(20-10-18-4)12(2)6-7-14(17)19-5/h6-7,9,11-13,15H,8,10H2,1-5H3/b7-6+/t11-,12+,13+,15-/m1/s1. The van der Waals surface area contributed by atoms with Crippen molar-refractivity contribution in [1.29, 1.82) is 0 Å². The molecule has 0 rings (SSSR count). The summed E-state index contributed by atoms with van der Waals surface area (Å²) in [5.41, 5.74) is 0. The van der Waals surface area contributed by atoms with Crippen molar-refractivity contribution >= 4 is 12.3 Å². The third-order valence-electron chi connectivity index (χ3n) is 3.17. The zero-order valence-corrected chi connectivity index (χ0v) is 13.0. The highest BCUT2D eigenvalue weighted by Crippen LogP contribution is 2.24. The van der Waals surface area contributed by atoms with E-state index in [1.165, 1.54) is 13.2 Å². The first-order chi connectivity index (χ1) is 9.46. The van der Waals surface area contributed by atoms with Gasteiger partial charge in [0.15, 0.2) is 0 Å². The fraction of sp³-hybridized carbons (Fsp3) is 0.733. The molecule has 0 N–H and O–H groups in total. The molecule has 5 heteroatoms. The van der Waals surface area contributed by atoms with Gasteiger partial charge in [0.1, 0.15) is 13.1 Å². The lowest BCUT2D eigenvalue weighted by Gasteiger charge is -2.28. The van der Waals surface area contributed by atoms with Crippen LogP contribution in [0, 0.1) is 17.8 Å². The van der Waals surface area contributed by atoms with Crippen molar-refractivity contribution < 1.29 is 23.8 Å². The van der Waals surface area contributed by atoms with Crippen molar-refractivity contribution in [2.75, 3.05) is 21.0 Å². The molecule has 0 aromatic carbocycles. The second-order valence-electron chi connectivity index (χ2n) is 5.11. The van der Waals surface area contributed by atoms with E-state index in [1.54, 1.807) is 13.2 Å². The number of aldehydes is 1. The Bertz CT molecular complexity index is 313. The smallest absolute Gasteiger partial charge is 0.330 e. The van der Waals surface area contributed by atoms with Crippen LogP contribution in [0.5, 0.6) is 0 Å². The van der Waals surface area contributed by atoms with Gasteiger partial charge in [-0.25, -0.2) is 4.79 Å². The molecule has 5 nitrogen and oxygen atoms in total. The van der Waals surface area contributed by atoms with Gasteiger partial charge in [0.05, 0.1) is 13.2 Å². The van der Waals surface area contributed by atoms with E-state index < -0.39 is 5.97 Å². The van der Waals surface area contributed by atoms with Crippen LogP contribution in [0.3, 0.4) is 0 Å². The number of hydrogen-bond donors (Lipinski definition) is 0. The van der Waals surface area contributed by atoms with E-state index in [-0.39, 0.29) is 30.7 Å². The number of esters is 1. The summed E-state index contributed by atoms with van der Waals surface area (Å²) in [5, 5.41) is 0. The van der Waals surface area contributed by atoms with E-state index >= 15 is 0 Å². The van der Waals surface area contributed by atoms with Crippen LogP contribution in [0.15, 0.2) is 12.2 Å². The van der Waals surface area contributed by atoms with Gasteiger partial charge in [-0.3, -0.25) is 0 Å². The third-order valence-corrected chi connectivity index (χ3v) is 3.17. The lowest BCUT2D eigenvalue weighted by atomic mass is 9.87. The monoisotopic (exact) mass is 286 g/mol. The maximum atomic E-state index is 11.1. The SMILES string of the molecule is COCO[C@H]([C@@H](C)/C=C/C(=O)OC)[C@@H](C)C[C@@H](C)C=O. The Labute approximate surface area is 121 Å². The quantitative estimate of drug-likeness (QED) is 0.267. The van der Waals surface area contributed by atoms with Gasteiger partial charge >= 0.3 is 5.97 Å². The van der Waals surface area contributed by atoms with E-state index in [9.17, 15) is 9.59 Å². The van der Waals surface area contributed by atoms with E-state index in [2.05, 4.69) is 4.74 Å². The molecule has 0 radical (unpaired) electrons. The largest absolute Gasteiger partial charge is 0.466 e. The van der Waals surface area contributed by atoms with Crippen molar-refractivity contribution in [3.05, 3.63) is 12.2 Å². The molecule has 0 aliphatic carbocycles. The molecule has 0 unspecified atom stereocenters. The summed E-state index contributed by atoms with van der Waals surface area (Å²) in [6.07, 6.45) is 4.70. The molecule has 0 amide bonds. The zero-order valence-electron chi connectivity index (χ0n) is 13.0. The molecule has 0 aliphatic rings. The third kappa shape index (κ3) is 7.40. The van der Waals surface area contributed by atoms with E-state index in [0.29, 0.717) is 0 Å². The number of hydrogen-bond acceptors (Lipinski definition) is 5. The second kappa shape index (κ2) is 10.6. The summed E-state index contributed by atoms with van der Waals surface area (Å²) >= 11 is 0. The molecule has 0 aliphatic heterocycles. The minimum Gasteiger partial charge on any atom is -0.466 e. The van der Waals surface area contributed by atoms with Crippen LogP contribution in [0.2, 0.25) is 0 Å². The van der Waals surface area contributed by atoms with Crippen LogP contribution in [0.1, 0.15) is 27.2 Å². The molecule has 4 atom stereocenters. The van der Waals surface area contributed by atoms with Crippen LogP contribution < -0.4 is 0 Å². The molecule has 0 saturated carbocycles. The molecule has 0 spiro atoms. The predicted octanol–water partition coefficient (Wildman–Crippen LogP) is 2.20. The van der Waals surface area contributed by atoms with Crippen molar-refractivity contribution in [3.8, 4) is 0 Å². The molecule has 116 valence electrons. The molecular weight excluding hydrogens is 260 g/mol. The van der Waals surface area contributed by atoms with Crippen LogP contribution in [0.4, 0.5) is 0 Å². The van der Waals surface area contributed by atoms with Crippen molar-refractivity contribution in [3.63, 3.8) is 0 Å². The number of ether oxygens (including phenoxy) is 3. The topological polar surface area (TPSA) is 61.8 Å². The Morgan fingerprint density at radius 1 is 1.20 bits per heavy atom. The molecule has 0 heterocycles. The summed E-state index contributed by atoms with van der Waals surface area (Å²) in [5.74, 6) is -0.229. The highest BCUT2D eigenvalue weighted by molar-refractivity contribution is 5.81. The molecule has 0 aromatic heterocycles. The Morgan fingerprint density at radius 2 is 1.85 bits per heavy atom. The fourth-order valence-electron chi connectivity index (χ4n) is 2.16. The van der Waals surface area contributed by atoms with Gasteiger partial charge in [-0.1, -0.05) is 26.8 Å². The lowest BCUT2D eigenvalue weighted by Crippen LogP contribution is -2.30. The van der Waals surface area contributed by atoms with Gasteiger partial charge in [-0.15, -0.1) is 0 Å². The number of carbonyl (C=O) groups is 2. The van der Waals surface area contributed by atoms with E-state index in [4.69, 9.17) is 9.47 Å². The first-order valence-corrected chi connectivity index (χ1v) is 6.78. The number of rotatable bonds is 10. The Kier molecular flexibility index (Phi) is 9.94. The predicted molar refractivity (Wildman–Crippen MR) is 76.1 cm³/mol. The maximum absolute atomic E-state index is 11.1. The Morgan fingerprint density at radius 3 is 2.35 bits per heavy atom. The molecule has 20 heavy (non-hydrogen) atoms. The van der Waals surface area contributed by atoms with E-state index in [0.717, 1.165) is 12.7 Å². The van der Waals surface area contributed by atoms with Crippen LogP contribution in [0.25, 0.3) is 0 Å². The average molecular weight is 286 g/mol. The Hall–Kier alpha value is -1.20. The second-order valence-corrected chi connectivity index (χ2v) is 5.11. The summed E-state index contributed by atoms with van der Waals surface area (Å²) in [6, 6.07) is 0. The highest BCUT2D eigenvalue weighted by Gasteiger charge is 2.24. The fourth-order valence-corrected chi connectivity index (χ4v) is 2.16. The van der Waals surface area contributed by atoms with Gasteiger partial charge in [-0.2, -0.15) is 0 Å². The number of carbonyl (C=O) groups excluding carboxylic acids is 2. The summed E-state index contributed by atoms with van der Waals surface area (Å²) < 4.78 is 15.2. The first kappa shape index (κ1) is 18.8. The van der Waals surface area contributed by atoms with Crippen LogP contribution >= 0.6 is 0 Å². The highest BCUT2D eigenvalue weighted by atomic mass is 16.7. The molecule has 0 saturated heterocycles. The minimum atomic E-state index is -0.392. The summed E-state index contributed by atoms with van der Waals surface area (Å²) in [6.45, 7) is 6.05. The van der Waals surface area contributed by atoms with Gasteiger partial charge in [-0.05, 0) is 12.3 Å². The van der Waals surface area contributed by atoms with E-state index in [1.807, 2.05) is 20.8 Å². The first-order valence-electron chi connectivity index (χ1n) is 6.78. The number of methoxy groups -OCH3 is 2. The van der Waals surface area contributed by atoms with Crippen LogP contribution in [-0.4, -0.2) is 39.4 Å². The summed E-state index contributed by atoms with van der Waals surface area (Å²) in [4.78, 5) is 21.9. The molecular formula is C15H26O5. The van der Waals surface area contributed by atoms with Gasteiger partial charge < -0.3 is 19.0 Å². The lowest BCUT2D eigenvalue weighted by molar-refractivity contribution is -0.134. The van der Waals surface area contributed by atoms with Gasteiger partial charge in [0, 0.05) is 25.0 Å². The molecule has 0 aromatic rings. The van der Waals surface area contributed by atoms with Crippen molar-refractivity contribution in [1.82, 2.24) is 0 Å². The average Bonchev–Trinajstić information content (AvgIpc) is 2.44. The van der Waals surface area contributed by atoms with Crippen LogP contribution in [-0.2, 0) is 23.8 Å². The van der Waals surface area contributed by atoms with Crippen molar-refractivity contribution in [2.45, 2.75) is 33.3 Å². The normalized spacial score (nSPS) is 17.4. The summed E-state index contributed by atoms with van der Waals surface area (Å²) in [7, 11) is 2.90. The van der Waals surface area contributed by atoms with Gasteiger partial charge in [0.2, 0.25) is 0 Å². The molecule has 0 fully saturated rings. The van der Waals surface area contributed by atoms with Crippen molar-refractivity contribution in [2.24, 2.45) is 17.8 Å².